The van der Waals surface area contributed by atoms with E-state index >= 15 is 0 Å². The Hall–Kier alpha value is -2.19. The monoisotopic (exact) mass is 395 g/mol. The predicted octanol–water partition coefficient (Wildman–Crippen LogP) is 3.34. The average molecular weight is 396 g/mol. The van der Waals surface area contributed by atoms with Crippen molar-refractivity contribution in [3.05, 3.63) is 47.3 Å². The van der Waals surface area contributed by atoms with Gasteiger partial charge in [0.1, 0.15) is 4.21 Å². The number of nitrogens with one attached hydrogen (secondary N) is 1. The first-order chi connectivity index (χ1) is 12.2. The highest BCUT2D eigenvalue weighted by molar-refractivity contribution is 7.93. The molecule has 0 aliphatic rings. The van der Waals surface area contributed by atoms with Gasteiger partial charge in [-0.2, -0.15) is 0 Å². The lowest BCUT2D eigenvalue weighted by atomic mass is 9.89. The fourth-order valence-corrected chi connectivity index (χ4v) is 5.24. The standard InChI is InChI=1S/C18H21NO5S2/c1-3-18(4-2,12-15(20)21)19-17(22)14-10-11-16(25-14)26(23,24)13-8-6-5-7-9-13/h5-11H,3-4,12H2,1-2H3,(H,19,22)(H,20,21). The van der Waals surface area contributed by atoms with Crippen molar-refractivity contribution in [2.24, 2.45) is 0 Å². The van der Waals surface area contributed by atoms with Crippen molar-refractivity contribution in [1.82, 2.24) is 5.32 Å². The third-order valence-corrected chi connectivity index (χ3v) is 7.69. The van der Waals surface area contributed by atoms with Gasteiger partial charge >= 0.3 is 5.97 Å². The molecule has 2 aromatic rings. The summed E-state index contributed by atoms with van der Waals surface area (Å²) in [6, 6.07) is 10.9. The summed E-state index contributed by atoms with van der Waals surface area (Å²) in [7, 11) is -3.68. The molecule has 0 saturated carbocycles. The summed E-state index contributed by atoms with van der Waals surface area (Å²) < 4.78 is 25.3. The van der Waals surface area contributed by atoms with Crippen LogP contribution in [0.5, 0.6) is 0 Å². The van der Waals surface area contributed by atoms with Crippen molar-refractivity contribution in [1.29, 1.82) is 0 Å². The first-order valence-corrected chi connectivity index (χ1v) is 10.5. The van der Waals surface area contributed by atoms with Crippen molar-refractivity contribution < 1.29 is 23.1 Å². The summed E-state index contributed by atoms with van der Waals surface area (Å²) >= 11 is 0.876. The van der Waals surface area contributed by atoms with Gasteiger partial charge in [-0.15, -0.1) is 11.3 Å². The van der Waals surface area contributed by atoms with Crippen LogP contribution in [0.3, 0.4) is 0 Å². The number of benzene rings is 1. The fraction of sp³-hybridized carbons (Fsp3) is 0.333. The largest absolute Gasteiger partial charge is 0.481 e. The molecule has 0 unspecified atom stereocenters. The number of amides is 1. The van der Waals surface area contributed by atoms with Crippen LogP contribution < -0.4 is 5.32 Å². The van der Waals surface area contributed by atoms with Crippen LogP contribution >= 0.6 is 11.3 Å². The van der Waals surface area contributed by atoms with Crippen molar-refractivity contribution in [3.63, 3.8) is 0 Å². The Bertz CT molecular complexity index is 883. The molecule has 2 N–H and O–H groups in total. The van der Waals surface area contributed by atoms with Crippen LogP contribution in [0.4, 0.5) is 0 Å². The first-order valence-electron chi connectivity index (χ1n) is 8.18. The van der Waals surface area contributed by atoms with E-state index in [1.54, 1.807) is 18.2 Å². The summed E-state index contributed by atoms with van der Waals surface area (Å²) in [4.78, 5) is 24.1. The normalized spacial score (nSPS) is 11.9. The van der Waals surface area contributed by atoms with E-state index in [4.69, 9.17) is 5.11 Å². The second-order valence-electron chi connectivity index (χ2n) is 5.95. The molecular weight excluding hydrogens is 374 g/mol. The molecule has 6 nitrogen and oxygen atoms in total. The minimum absolute atomic E-state index is 0.0747. The second-order valence-corrected chi connectivity index (χ2v) is 9.21. The zero-order valence-electron chi connectivity index (χ0n) is 14.6. The first kappa shape index (κ1) is 20.1. The molecule has 0 aliphatic heterocycles. The van der Waals surface area contributed by atoms with Gasteiger partial charge < -0.3 is 10.4 Å². The van der Waals surface area contributed by atoms with E-state index in [0.717, 1.165) is 11.3 Å². The lowest BCUT2D eigenvalue weighted by Gasteiger charge is -2.31. The molecule has 140 valence electrons. The third-order valence-electron chi connectivity index (χ3n) is 4.35. The van der Waals surface area contributed by atoms with Gasteiger partial charge in [-0.1, -0.05) is 32.0 Å². The summed E-state index contributed by atoms with van der Waals surface area (Å²) in [6.45, 7) is 3.62. The smallest absolute Gasteiger partial charge is 0.305 e. The van der Waals surface area contributed by atoms with Crippen LogP contribution in [0.25, 0.3) is 0 Å². The number of rotatable bonds is 8. The van der Waals surface area contributed by atoms with Crippen LogP contribution in [0.2, 0.25) is 0 Å². The second kappa shape index (κ2) is 8.01. The van der Waals surface area contributed by atoms with E-state index in [2.05, 4.69) is 5.32 Å². The molecule has 0 spiro atoms. The average Bonchev–Trinajstić information content (AvgIpc) is 3.12. The van der Waals surface area contributed by atoms with Gasteiger partial charge in [0.15, 0.2) is 0 Å². The van der Waals surface area contributed by atoms with Crippen molar-refractivity contribution >= 4 is 33.1 Å². The van der Waals surface area contributed by atoms with E-state index in [0.29, 0.717) is 12.8 Å². The number of aliphatic carboxylic acids is 1. The lowest BCUT2D eigenvalue weighted by molar-refractivity contribution is -0.138. The highest BCUT2D eigenvalue weighted by Crippen LogP contribution is 2.29. The highest BCUT2D eigenvalue weighted by Gasteiger charge is 2.32. The number of carboxylic acids is 1. The van der Waals surface area contributed by atoms with Gasteiger partial charge in [0.25, 0.3) is 5.91 Å². The number of carbonyl (C=O) groups excluding carboxylic acids is 1. The van der Waals surface area contributed by atoms with E-state index in [1.165, 1.54) is 24.3 Å². The molecule has 0 saturated heterocycles. The third kappa shape index (κ3) is 4.31. The molecule has 1 aromatic heterocycles. The number of thiophene rings is 1. The van der Waals surface area contributed by atoms with Gasteiger partial charge in [0, 0.05) is 0 Å². The van der Waals surface area contributed by atoms with Crippen molar-refractivity contribution in [2.45, 2.75) is 47.8 Å². The molecular formula is C18H21NO5S2. The van der Waals surface area contributed by atoms with Crippen LogP contribution in [0, 0.1) is 0 Å². The maximum atomic E-state index is 12.6. The minimum Gasteiger partial charge on any atom is -0.481 e. The predicted molar refractivity (Wildman–Crippen MR) is 99.2 cm³/mol. The number of hydrogen-bond acceptors (Lipinski definition) is 5. The Labute approximate surface area is 156 Å². The Morgan fingerprint density at radius 2 is 1.69 bits per heavy atom. The van der Waals surface area contributed by atoms with Crippen LogP contribution in [0.15, 0.2) is 51.6 Å². The van der Waals surface area contributed by atoms with Crippen LogP contribution in [0.1, 0.15) is 42.8 Å². The minimum atomic E-state index is -3.68. The molecule has 1 heterocycles. The van der Waals surface area contributed by atoms with Crippen molar-refractivity contribution in [2.75, 3.05) is 0 Å². The molecule has 0 fully saturated rings. The number of sulfone groups is 1. The van der Waals surface area contributed by atoms with Gasteiger partial charge in [-0.05, 0) is 37.1 Å². The Morgan fingerprint density at radius 1 is 1.08 bits per heavy atom. The van der Waals surface area contributed by atoms with E-state index in [1.807, 2.05) is 13.8 Å². The number of hydrogen-bond donors (Lipinski definition) is 2. The fourth-order valence-electron chi connectivity index (χ4n) is 2.62. The summed E-state index contributed by atoms with van der Waals surface area (Å²) in [5, 5.41) is 11.9. The maximum Gasteiger partial charge on any atom is 0.305 e. The molecule has 8 heteroatoms. The van der Waals surface area contributed by atoms with Gasteiger partial charge in [0.05, 0.1) is 21.7 Å². The van der Waals surface area contributed by atoms with E-state index in [-0.39, 0.29) is 20.4 Å². The van der Waals surface area contributed by atoms with Crippen LogP contribution in [-0.2, 0) is 14.6 Å². The van der Waals surface area contributed by atoms with Gasteiger partial charge in [0.2, 0.25) is 9.84 Å². The summed E-state index contributed by atoms with van der Waals surface area (Å²) in [5.41, 5.74) is -0.856. The molecule has 2 rings (SSSR count). The highest BCUT2D eigenvalue weighted by atomic mass is 32.2. The van der Waals surface area contributed by atoms with E-state index in [9.17, 15) is 18.0 Å². The molecule has 26 heavy (non-hydrogen) atoms. The van der Waals surface area contributed by atoms with Crippen LogP contribution in [-0.4, -0.2) is 30.9 Å². The quantitative estimate of drug-likeness (QED) is 0.714. The molecule has 0 aliphatic carbocycles. The lowest BCUT2D eigenvalue weighted by Crippen LogP contribution is -2.48. The molecule has 0 atom stereocenters. The number of carboxylic acid groups (broad SMARTS) is 1. The van der Waals surface area contributed by atoms with Crippen molar-refractivity contribution in [3.8, 4) is 0 Å². The number of carbonyl (C=O) groups is 2. The topological polar surface area (TPSA) is 101 Å². The molecule has 1 aromatic carbocycles. The Balaban J connectivity index is 2.26. The van der Waals surface area contributed by atoms with E-state index < -0.39 is 27.3 Å². The van der Waals surface area contributed by atoms with Gasteiger partial charge in [-0.3, -0.25) is 9.59 Å². The Kier molecular flexibility index (Phi) is 6.20. The molecule has 0 radical (unpaired) electrons. The Morgan fingerprint density at radius 3 is 2.23 bits per heavy atom. The molecule has 1 amide bonds. The summed E-state index contributed by atoms with van der Waals surface area (Å²) in [5.74, 6) is -1.46. The zero-order valence-corrected chi connectivity index (χ0v) is 16.2. The SMILES string of the molecule is CCC(CC)(CC(=O)O)NC(=O)c1ccc(S(=O)(=O)c2ccccc2)s1. The molecule has 0 bridgehead atoms. The summed E-state index contributed by atoms with van der Waals surface area (Å²) in [6.07, 6.45) is 0.733. The maximum absolute atomic E-state index is 12.6. The zero-order chi connectivity index (χ0) is 19.4. The van der Waals surface area contributed by atoms with Gasteiger partial charge in [-0.25, -0.2) is 8.42 Å².